The van der Waals surface area contributed by atoms with Gasteiger partial charge < -0.3 is 4.90 Å². The van der Waals surface area contributed by atoms with Crippen LogP contribution in [0.1, 0.15) is 4.88 Å². The SMILES string of the molecule is Cn1ncc2c(=O)n(CC(=O)N3CCN(Cc4ccc(Cl)s4)CC3)cnc21. The fourth-order valence-electron chi connectivity index (χ4n) is 3.24. The van der Waals surface area contributed by atoms with Gasteiger partial charge in [-0.1, -0.05) is 11.6 Å². The first kappa shape index (κ1) is 18.1. The van der Waals surface area contributed by atoms with Crippen LogP contribution in [0.5, 0.6) is 0 Å². The molecule has 1 fully saturated rings. The Hall–Kier alpha value is -2.23. The predicted molar refractivity (Wildman–Crippen MR) is 104 cm³/mol. The maximum absolute atomic E-state index is 12.6. The number of aromatic nitrogens is 4. The van der Waals surface area contributed by atoms with Crippen molar-refractivity contribution in [3.8, 4) is 0 Å². The summed E-state index contributed by atoms with van der Waals surface area (Å²) in [6, 6.07) is 3.95. The largest absolute Gasteiger partial charge is 0.339 e. The van der Waals surface area contributed by atoms with Crippen molar-refractivity contribution in [2.75, 3.05) is 26.2 Å². The molecule has 10 heteroatoms. The fraction of sp³-hybridized carbons (Fsp3) is 0.412. The summed E-state index contributed by atoms with van der Waals surface area (Å²) in [7, 11) is 1.73. The number of amides is 1. The van der Waals surface area contributed by atoms with Crippen LogP contribution < -0.4 is 5.56 Å². The monoisotopic (exact) mass is 406 g/mol. The number of thiophene rings is 1. The van der Waals surface area contributed by atoms with Crippen LogP contribution in [0.3, 0.4) is 0 Å². The lowest BCUT2D eigenvalue weighted by atomic mass is 10.3. The second-order valence-electron chi connectivity index (χ2n) is 6.55. The molecule has 0 atom stereocenters. The number of piperazine rings is 1. The molecule has 0 N–H and O–H groups in total. The van der Waals surface area contributed by atoms with E-state index in [1.165, 1.54) is 22.0 Å². The molecule has 3 aromatic heterocycles. The van der Waals surface area contributed by atoms with Gasteiger partial charge >= 0.3 is 0 Å². The summed E-state index contributed by atoms with van der Waals surface area (Å²) in [4.78, 5) is 34.7. The lowest BCUT2D eigenvalue weighted by Gasteiger charge is -2.34. The summed E-state index contributed by atoms with van der Waals surface area (Å²) >= 11 is 7.57. The van der Waals surface area contributed by atoms with Gasteiger partial charge in [0.2, 0.25) is 5.91 Å². The number of rotatable bonds is 4. The maximum atomic E-state index is 12.6. The minimum absolute atomic E-state index is 0.00278. The summed E-state index contributed by atoms with van der Waals surface area (Å²) in [6.07, 6.45) is 2.91. The molecule has 0 saturated carbocycles. The van der Waals surface area contributed by atoms with E-state index in [-0.39, 0.29) is 18.0 Å². The van der Waals surface area contributed by atoms with E-state index >= 15 is 0 Å². The van der Waals surface area contributed by atoms with Crippen molar-refractivity contribution in [2.24, 2.45) is 7.05 Å². The molecular weight excluding hydrogens is 388 g/mol. The number of fused-ring (bicyclic) bond motifs is 1. The van der Waals surface area contributed by atoms with E-state index < -0.39 is 0 Å². The second-order valence-corrected chi connectivity index (χ2v) is 8.35. The smallest absolute Gasteiger partial charge is 0.264 e. The van der Waals surface area contributed by atoms with Gasteiger partial charge in [-0.3, -0.25) is 23.7 Å². The number of halogens is 1. The van der Waals surface area contributed by atoms with Gasteiger partial charge in [0.05, 0.1) is 10.5 Å². The topological polar surface area (TPSA) is 76.3 Å². The highest BCUT2D eigenvalue weighted by atomic mass is 35.5. The highest BCUT2D eigenvalue weighted by Crippen LogP contribution is 2.23. The van der Waals surface area contributed by atoms with Gasteiger partial charge in [-0.05, 0) is 12.1 Å². The first-order valence-corrected chi connectivity index (χ1v) is 9.82. The number of carbonyl (C=O) groups excluding carboxylic acids is 1. The van der Waals surface area contributed by atoms with E-state index in [0.717, 1.165) is 24.0 Å². The number of carbonyl (C=O) groups is 1. The van der Waals surface area contributed by atoms with Crippen molar-refractivity contribution in [3.63, 3.8) is 0 Å². The van der Waals surface area contributed by atoms with Gasteiger partial charge in [0.25, 0.3) is 5.56 Å². The third-order valence-electron chi connectivity index (χ3n) is 4.76. The van der Waals surface area contributed by atoms with Gasteiger partial charge in [0, 0.05) is 44.6 Å². The lowest BCUT2D eigenvalue weighted by molar-refractivity contribution is -0.133. The third-order valence-corrected chi connectivity index (χ3v) is 5.97. The normalized spacial score (nSPS) is 15.6. The minimum atomic E-state index is -0.241. The highest BCUT2D eigenvalue weighted by molar-refractivity contribution is 7.16. The molecule has 1 amide bonds. The van der Waals surface area contributed by atoms with E-state index in [0.29, 0.717) is 24.1 Å². The molecule has 4 rings (SSSR count). The summed E-state index contributed by atoms with van der Waals surface area (Å²) in [5.74, 6) is -0.0686. The van der Waals surface area contributed by atoms with Crippen LogP contribution in [-0.4, -0.2) is 61.2 Å². The molecular formula is C17H19ClN6O2S. The molecule has 8 nitrogen and oxygen atoms in total. The lowest BCUT2D eigenvalue weighted by Crippen LogP contribution is -2.49. The molecule has 0 bridgehead atoms. The zero-order valence-corrected chi connectivity index (χ0v) is 16.4. The quantitative estimate of drug-likeness (QED) is 0.650. The van der Waals surface area contributed by atoms with E-state index in [2.05, 4.69) is 15.0 Å². The molecule has 4 heterocycles. The summed E-state index contributed by atoms with van der Waals surface area (Å²) in [5, 5.41) is 4.47. The van der Waals surface area contributed by atoms with Crippen molar-refractivity contribution in [1.82, 2.24) is 29.1 Å². The minimum Gasteiger partial charge on any atom is -0.339 e. The Kier molecular flexibility index (Phi) is 4.98. The molecule has 1 aliphatic rings. The predicted octanol–water partition coefficient (Wildman–Crippen LogP) is 1.19. The Labute approximate surface area is 164 Å². The summed E-state index contributed by atoms with van der Waals surface area (Å²) in [6.45, 7) is 3.74. The first-order chi connectivity index (χ1) is 13.0. The second kappa shape index (κ2) is 7.41. The standard InChI is InChI=1S/C17H19ClN6O2S/c1-21-16-13(8-20-21)17(26)24(11-19-16)10-15(25)23-6-4-22(5-7-23)9-12-2-3-14(18)27-12/h2-3,8,11H,4-7,9-10H2,1H3. The molecule has 1 saturated heterocycles. The summed E-state index contributed by atoms with van der Waals surface area (Å²) < 4.78 is 3.69. The number of hydrogen-bond donors (Lipinski definition) is 0. The van der Waals surface area contributed by atoms with Crippen LogP contribution in [0.2, 0.25) is 4.34 Å². The number of aryl methyl sites for hydroxylation is 1. The highest BCUT2D eigenvalue weighted by Gasteiger charge is 2.22. The van der Waals surface area contributed by atoms with E-state index in [9.17, 15) is 9.59 Å². The van der Waals surface area contributed by atoms with Crippen LogP contribution in [0.15, 0.2) is 29.5 Å². The molecule has 142 valence electrons. The van der Waals surface area contributed by atoms with Crippen molar-refractivity contribution >= 4 is 39.9 Å². The fourth-order valence-corrected chi connectivity index (χ4v) is 4.37. The zero-order valence-electron chi connectivity index (χ0n) is 14.8. The average Bonchev–Trinajstić information content (AvgIpc) is 3.24. The Balaban J connectivity index is 1.37. The van der Waals surface area contributed by atoms with Gasteiger partial charge in [-0.25, -0.2) is 4.98 Å². The van der Waals surface area contributed by atoms with Crippen LogP contribution in [0.4, 0.5) is 0 Å². The first-order valence-electron chi connectivity index (χ1n) is 8.63. The van der Waals surface area contributed by atoms with Crippen LogP contribution in [-0.2, 0) is 24.9 Å². The third kappa shape index (κ3) is 3.76. The summed E-state index contributed by atoms with van der Waals surface area (Å²) in [5.41, 5.74) is 0.278. The molecule has 0 unspecified atom stereocenters. The van der Waals surface area contributed by atoms with Gasteiger partial charge in [-0.2, -0.15) is 5.10 Å². The number of hydrogen-bond acceptors (Lipinski definition) is 6. The Morgan fingerprint density at radius 3 is 2.74 bits per heavy atom. The van der Waals surface area contributed by atoms with Crippen molar-refractivity contribution in [2.45, 2.75) is 13.1 Å². The average molecular weight is 407 g/mol. The van der Waals surface area contributed by atoms with Gasteiger partial charge in [0.15, 0.2) is 5.65 Å². The van der Waals surface area contributed by atoms with Crippen LogP contribution >= 0.6 is 22.9 Å². The van der Waals surface area contributed by atoms with Crippen molar-refractivity contribution in [1.29, 1.82) is 0 Å². The van der Waals surface area contributed by atoms with Gasteiger partial charge in [-0.15, -0.1) is 11.3 Å². The van der Waals surface area contributed by atoms with Gasteiger partial charge in [0.1, 0.15) is 18.3 Å². The zero-order chi connectivity index (χ0) is 19.0. The Morgan fingerprint density at radius 1 is 1.26 bits per heavy atom. The van der Waals surface area contributed by atoms with E-state index in [4.69, 9.17) is 11.6 Å². The van der Waals surface area contributed by atoms with E-state index in [1.807, 2.05) is 12.1 Å². The van der Waals surface area contributed by atoms with E-state index in [1.54, 1.807) is 28.0 Å². The molecule has 0 aliphatic carbocycles. The molecule has 3 aromatic rings. The van der Waals surface area contributed by atoms with Crippen LogP contribution in [0, 0.1) is 0 Å². The molecule has 0 radical (unpaired) electrons. The maximum Gasteiger partial charge on any atom is 0.264 e. The molecule has 0 spiro atoms. The van der Waals surface area contributed by atoms with Crippen LogP contribution in [0.25, 0.3) is 11.0 Å². The van der Waals surface area contributed by atoms with Crippen molar-refractivity contribution in [3.05, 3.63) is 44.2 Å². The molecule has 0 aromatic carbocycles. The Bertz CT molecular complexity index is 1030. The number of nitrogens with zero attached hydrogens (tertiary/aromatic N) is 6. The molecule has 27 heavy (non-hydrogen) atoms. The molecule has 1 aliphatic heterocycles. The van der Waals surface area contributed by atoms with Crippen molar-refractivity contribution < 1.29 is 4.79 Å². The Morgan fingerprint density at radius 2 is 2.04 bits per heavy atom.